The number of amides is 1. The molecule has 0 N–H and O–H groups in total. The van der Waals surface area contributed by atoms with Crippen molar-refractivity contribution in [1.82, 2.24) is 4.57 Å². The third kappa shape index (κ3) is 3.63. The first kappa shape index (κ1) is 16.9. The van der Waals surface area contributed by atoms with Gasteiger partial charge < -0.3 is 9.30 Å². The number of carbonyl (C=O) groups is 1. The quantitative estimate of drug-likeness (QED) is 0.827. The van der Waals surface area contributed by atoms with Crippen LogP contribution in [0.3, 0.4) is 0 Å². The first-order valence-electron chi connectivity index (χ1n) is 6.76. The number of nitrogens with zero attached hydrogens (tertiary/aromatic N) is 2. The van der Waals surface area contributed by atoms with Crippen LogP contribution >= 0.6 is 11.3 Å². The van der Waals surface area contributed by atoms with Crippen LogP contribution in [0.4, 0.5) is 0 Å². The molecule has 0 saturated heterocycles. The maximum absolute atomic E-state index is 11.7. The molecule has 0 bridgehead atoms. The van der Waals surface area contributed by atoms with Crippen LogP contribution in [0.1, 0.15) is 13.3 Å². The van der Waals surface area contributed by atoms with Crippen molar-refractivity contribution >= 4 is 37.3 Å². The molecule has 2 rings (SSSR count). The molecule has 0 saturated carbocycles. The van der Waals surface area contributed by atoms with Crippen LogP contribution in [0.5, 0.6) is 0 Å². The molecule has 1 amide bonds. The van der Waals surface area contributed by atoms with Crippen molar-refractivity contribution in [3.63, 3.8) is 0 Å². The maximum atomic E-state index is 11.7. The van der Waals surface area contributed by atoms with Crippen LogP contribution in [0, 0.1) is 0 Å². The molecule has 6 nitrogen and oxygen atoms in total. The van der Waals surface area contributed by atoms with E-state index in [9.17, 15) is 13.2 Å². The van der Waals surface area contributed by atoms with Crippen LogP contribution in [0.15, 0.2) is 28.1 Å². The minimum atomic E-state index is -3.27. The van der Waals surface area contributed by atoms with Gasteiger partial charge in [0.15, 0.2) is 14.6 Å². The number of ether oxygens (including phenoxy) is 1. The smallest absolute Gasteiger partial charge is 0.248 e. The van der Waals surface area contributed by atoms with E-state index in [0.717, 1.165) is 10.2 Å². The third-order valence-electron chi connectivity index (χ3n) is 3.12. The van der Waals surface area contributed by atoms with E-state index in [1.807, 2.05) is 4.57 Å². The number of methoxy groups -OCH3 is 1. The van der Waals surface area contributed by atoms with Gasteiger partial charge in [-0.2, -0.15) is 4.99 Å². The molecule has 1 aromatic carbocycles. The maximum Gasteiger partial charge on any atom is 0.248 e. The van der Waals surface area contributed by atoms with Crippen molar-refractivity contribution in [1.29, 1.82) is 0 Å². The molecule has 8 heteroatoms. The molecule has 1 heterocycles. The van der Waals surface area contributed by atoms with Gasteiger partial charge in [-0.25, -0.2) is 8.42 Å². The number of rotatable bonds is 5. The van der Waals surface area contributed by atoms with E-state index in [4.69, 9.17) is 4.74 Å². The van der Waals surface area contributed by atoms with Crippen LogP contribution in [-0.4, -0.2) is 38.9 Å². The Hall–Kier alpha value is -1.51. The number of carbonyl (C=O) groups excluding carboxylic acids is 1. The highest BCUT2D eigenvalue weighted by molar-refractivity contribution is 7.90. The van der Waals surface area contributed by atoms with Crippen molar-refractivity contribution in [3.8, 4) is 0 Å². The minimum absolute atomic E-state index is 0.207. The fraction of sp³-hybridized carbons (Fsp3) is 0.429. The predicted octanol–water partition coefficient (Wildman–Crippen LogP) is 1.59. The number of sulfone groups is 1. The minimum Gasteiger partial charge on any atom is -0.383 e. The van der Waals surface area contributed by atoms with Crippen LogP contribution in [0.2, 0.25) is 0 Å². The monoisotopic (exact) mass is 342 g/mol. The van der Waals surface area contributed by atoms with E-state index in [1.165, 1.54) is 17.6 Å². The summed E-state index contributed by atoms with van der Waals surface area (Å²) < 4.78 is 31.1. The van der Waals surface area contributed by atoms with E-state index >= 15 is 0 Å². The number of fused-ring (bicyclic) bond motifs is 1. The first-order valence-corrected chi connectivity index (χ1v) is 9.47. The van der Waals surface area contributed by atoms with E-state index < -0.39 is 9.84 Å². The second-order valence-electron chi connectivity index (χ2n) is 4.79. The van der Waals surface area contributed by atoms with E-state index in [1.54, 1.807) is 32.2 Å². The van der Waals surface area contributed by atoms with Gasteiger partial charge in [0.1, 0.15) is 0 Å². The highest BCUT2D eigenvalue weighted by Crippen LogP contribution is 2.22. The lowest BCUT2D eigenvalue weighted by Crippen LogP contribution is -2.19. The van der Waals surface area contributed by atoms with Crippen LogP contribution in [0.25, 0.3) is 10.2 Å². The number of benzene rings is 1. The molecular formula is C14H18N2O4S2. The highest BCUT2D eigenvalue weighted by atomic mass is 32.2. The predicted molar refractivity (Wildman–Crippen MR) is 85.7 cm³/mol. The zero-order chi connectivity index (χ0) is 16.3. The molecule has 0 unspecified atom stereocenters. The molecule has 0 fully saturated rings. The Bertz CT molecular complexity index is 863. The zero-order valence-electron chi connectivity index (χ0n) is 12.7. The van der Waals surface area contributed by atoms with Gasteiger partial charge in [-0.1, -0.05) is 18.3 Å². The van der Waals surface area contributed by atoms with Gasteiger partial charge in [0.05, 0.1) is 21.7 Å². The van der Waals surface area contributed by atoms with Gasteiger partial charge in [-0.15, -0.1) is 0 Å². The Balaban J connectivity index is 2.68. The van der Waals surface area contributed by atoms with Crippen LogP contribution < -0.4 is 4.80 Å². The fourth-order valence-corrected chi connectivity index (χ4v) is 3.79. The lowest BCUT2D eigenvalue weighted by atomic mass is 10.3. The van der Waals surface area contributed by atoms with Gasteiger partial charge >= 0.3 is 0 Å². The summed E-state index contributed by atoms with van der Waals surface area (Å²) in [5.41, 5.74) is 0.845. The second kappa shape index (κ2) is 6.72. The third-order valence-corrected chi connectivity index (χ3v) is 5.28. The van der Waals surface area contributed by atoms with E-state index in [-0.39, 0.29) is 10.8 Å². The molecule has 0 aliphatic carbocycles. The molecule has 0 radical (unpaired) electrons. The molecule has 22 heavy (non-hydrogen) atoms. The summed E-state index contributed by atoms with van der Waals surface area (Å²) in [5, 5.41) is 0. The van der Waals surface area contributed by atoms with Crippen molar-refractivity contribution in [2.75, 3.05) is 20.0 Å². The van der Waals surface area contributed by atoms with Crippen LogP contribution in [-0.2, 0) is 25.9 Å². The molecule has 0 aliphatic rings. The molecule has 1 aromatic heterocycles. The molecule has 120 valence electrons. The average Bonchev–Trinajstić information content (AvgIpc) is 2.80. The normalized spacial score (nSPS) is 13.0. The molecule has 0 spiro atoms. The lowest BCUT2D eigenvalue weighted by Gasteiger charge is -2.04. The van der Waals surface area contributed by atoms with Crippen molar-refractivity contribution in [2.45, 2.75) is 24.8 Å². The summed E-state index contributed by atoms with van der Waals surface area (Å²) in [7, 11) is -1.67. The Morgan fingerprint density at radius 3 is 2.73 bits per heavy atom. The summed E-state index contributed by atoms with van der Waals surface area (Å²) in [6, 6.07) is 4.93. The molecule has 0 aliphatic heterocycles. The summed E-state index contributed by atoms with van der Waals surface area (Å²) in [6.07, 6.45) is 1.50. The molecule has 2 aromatic rings. The van der Waals surface area contributed by atoms with Gasteiger partial charge in [-0.05, 0) is 18.2 Å². The van der Waals surface area contributed by atoms with Crippen molar-refractivity contribution < 1.29 is 17.9 Å². The van der Waals surface area contributed by atoms with Gasteiger partial charge in [0, 0.05) is 26.3 Å². The Morgan fingerprint density at radius 2 is 2.14 bits per heavy atom. The number of aromatic nitrogens is 1. The average molecular weight is 342 g/mol. The number of hydrogen-bond donors (Lipinski definition) is 0. The first-order chi connectivity index (χ1) is 10.4. The topological polar surface area (TPSA) is 77.7 Å². The largest absolute Gasteiger partial charge is 0.383 e. The summed E-state index contributed by atoms with van der Waals surface area (Å²) in [6.45, 7) is 2.78. The number of thiazole rings is 1. The van der Waals surface area contributed by atoms with Crippen molar-refractivity contribution in [2.24, 2.45) is 4.99 Å². The Kier molecular flexibility index (Phi) is 5.15. The number of hydrogen-bond acceptors (Lipinski definition) is 5. The zero-order valence-corrected chi connectivity index (χ0v) is 14.3. The van der Waals surface area contributed by atoms with E-state index in [2.05, 4.69) is 4.99 Å². The summed E-state index contributed by atoms with van der Waals surface area (Å²) in [5.74, 6) is -0.207. The Morgan fingerprint density at radius 1 is 1.41 bits per heavy atom. The summed E-state index contributed by atoms with van der Waals surface area (Å²) >= 11 is 1.30. The lowest BCUT2D eigenvalue weighted by molar-refractivity contribution is -0.117. The standard InChI is InChI=1S/C14H18N2O4S2/c1-4-13(17)15-14-16(7-8-20-2)11-6-5-10(22(3,18)19)9-12(11)21-14/h5-6,9H,4,7-8H2,1-3H3. The molecule has 0 atom stereocenters. The fourth-order valence-electron chi connectivity index (χ4n) is 1.95. The Labute approximate surface area is 133 Å². The second-order valence-corrected chi connectivity index (χ2v) is 7.81. The van der Waals surface area contributed by atoms with Gasteiger partial charge in [0.2, 0.25) is 5.91 Å². The summed E-state index contributed by atoms with van der Waals surface area (Å²) in [4.78, 5) is 16.5. The van der Waals surface area contributed by atoms with Crippen molar-refractivity contribution in [3.05, 3.63) is 23.0 Å². The van der Waals surface area contributed by atoms with Gasteiger partial charge in [-0.3, -0.25) is 4.79 Å². The van der Waals surface area contributed by atoms with Gasteiger partial charge in [0.25, 0.3) is 0 Å². The SMILES string of the molecule is CCC(=O)N=c1sc2cc(S(C)(=O)=O)ccc2n1CCOC. The van der Waals surface area contributed by atoms with E-state index in [0.29, 0.717) is 24.4 Å². The highest BCUT2D eigenvalue weighted by Gasteiger charge is 2.12. The molecular weight excluding hydrogens is 324 g/mol.